The number of hydrogen-bond donors (Lipinski definition) is 1. The summed E-state index contributed by atoms with van der Waals surface area (Å²) < 4.78 is 35.1. The zero-order valence-corrected chi connectivity index (χ0v) is 19.8. The molecule has 3 aliphatic rings. The van der Waals surface area contributed by atoms with E-state index in [-0.39, 0.29) is 41.7 Å². The van der Waals surface area contributed by atoms with Crippen molar-refractivity contribution in [1.29, 1.82) is 0 Å². The SMILES string of the molecule is CC(C)NC(=NCC1CCS(=O)(=O)C1)N1CCCC(C2(C)OCCO2)C1.I. The highest BCUT2D eigenvalue weighted by atomic mass is 127. The maximum absolute atomic E-state index is 11.7. The summed E-state index contributed by atoms with van der Waals surface area (Å²) in [6, 6.07) is 0.274. The molecule has 3 heterocycles. The van der Waals surface area contributed by atoms with E-state index in [1.807, 2.05) is 6.92 Å². The van der Waals surface area contributed by atoms with E-state index in [1.54, 1.807) is 0 Å². The first-order valence-electron chi connectivity index (χ1n) is 9.82. The van der Waals surface area contributed by atoms with Gasteiger partial charge in [-0.2, -0.15) is 0 Å². The summed E-state index contributed by atoms with van der Waals surface area (Å²) >= 11 is 0. The summed E-state index contributed by atoms with van der Waals surface area (Å²) in [5.74, 6) is 1.41. The molecule has 1 N–H and O–H groups in total. The molecule has 0 spiro atoms. The van der Waals surface area contributed by atoms with Gasteiger partial charge in [-0.1, -0.05) is 0 Å². The number of hydrogen-bond acceptors (Lipinski definition) is 5. The van der Waals surface area contributed by atoms with E-state index in [9.17, 15) is 8.42 Å². The van der Waals surface area contributed by atoms with E-state index >= 15 is 0 Å². The quantitative estimate of drug-likeness (QED) is 0.350. The molecule has 0 aromatic rings. The molecule has 0 radical (unpaired) electrons. The Morgan fingerprint density at radius 2 is 2.00 bits per heavy atom. The molecule has 9 heteroatoms. The maximum atomic E-state index is 11.7. The molecule has 3 fully saturated rings. The van der Waals surface area contributed by atoms with Gasteiger partial charge in [-0.05, 0) is 46.0 Å². The molecule has 0 bridgehead atoms. The van der Waals surface area contributed by atoms with E-state index < -0.39 is 15.6 Å². The van der Waals surface area contributed by atoms with Gasteiger partial charge in [0.1, 0.15) is 0 Å². The van der Waals surface area contributed by atoms with Gasteiger partial charge in [0.05, 0.1) is 24.7 Å². The molecule has 158 valence electrons. The standard InChI is InChI=1S/C18H33N3O4S.HI/c1-14(2)20-17(19-11-15-6-10-26(22,23)13-15)21-7-4-5-16(12-21)18(3)24-8-9-25-18;/h14-16H,4-13H2,1-3H3,(H,19,20);1H. The van der Waals surface area contributed by atoms with Gasteiger partial charge in [-0.3, -0.25) is 4.99 Å². The fourth-order valence-corrected chi connectivity index (χ4v) is 5.94. The van der Waals surface area contributed by atoms with Crippen molar-refractivity contribution in [3.05, 3.63) is 0 Å². The molecule has 2 unspecified atom stereocenters. The second-order valence-corrected chi connectivity index (χ2v) is 10.5. The molecule has 3 rings (SSSR count). The van der Waals surface area contributed by atoms with Gasteiger partial charge in [0, 0.05) is 31.6 Å². The zero-order chi connectivity index (χ0) is 18.8. The average molecular weight is 515 g/mol. The summed E-state index contributed by atoms with van der Waals surface area (Å²) in [7, 11) is -2.86. The minimum Gasteiger partial charge on any atom is -0.354 e. The van der Waals surface area contributed by atoms with Gasteiger partial charge in [-0.25, -0.2) is 8.42 Å². The van der Waals surface area contributed by atoms with Crippen molar-refractivity contribution < 1.29 is 17.9 Å². The molecule has 7 nitrogen and oxygen atoms in total. The lowest BCUT2D eigenvalue weighted by molar-refractivity contribution is -0.189. The van der Waals surface area contributed by atoms with Gasteiger partial charge in [0.15, 0.2) is 21.6 Å². The molecular formula is C18H34IN3O4S. The molecule has 0 aromatic carbocycles. The summed E-state index contributed by atoms with van der Waals surface area (Å²) in [6.45, 7) is 9.93. The Labute approximate surface area is 180 Å². The highest BCUT2D eigenvalue weighted by Crippen LogP contribution is 2.34. The van der Waals surface area contributed by atoms with Gasteiger partial charge >= 0.3 is 0 Å². The smallest absolute Gasteiger partial charge is 0.194 e. The number of ether oxygens (including phenoxy) is 2. The fraction of sp³-hybridized carbons (Fsp3) is 0.944. The van der Waals surface area contributed by atoms with Gasteiger partial charge < -0.3 is 19.7 Å². The van der Waals surface area contributed by atoms with Crippen LogP contribution in [0.4, 0.5) is 0 Å². The van der Waals surface area contributed by atoms with Crippen LogP contribution in [-0.4, -0.2) is 75.5 Å². The minimum atomic E-state index is -2.86. The van der Waals surface area contributed by atoms with E-state index in [1.165, 1.54) is 0 Å². The third kappa shape index (κ3) is 6.17. The monoisotopic (exact) mass is 515 g/mol. The Bertz CT molecular complexity index is 620. The first-order chi connectivity index (χ1) is 12.3. The molecule has 0 amide bonds. The summed E-state index contributed by atoms with van der Waals surface area (Å²) in [5, 5.41) is 3.46. The lowest BCUT2D eigenvalue weighted by Gasteiger charge is -2.41. The Balaban J connectivity index is 0.00000261. The highest BCUT2D eigenvalue weighted by Gasteiger charge is 2.42. The Morgan fingerprint density at radius 1 is 1.30 bits per heavy atom. The van der Waals surface area contributed by atoms with Gasteiger partial charge in [-0.15, -0.1) is 24.0 Å². The minimum absolute atomic E-state index is 0. The second-order valence-electron chi connectivity index (χ2n) is 8.23. The van der Waals surface area contributed by atoms with Crippen LogP contribution in [0.5, 0.6) is 0 Å². The summed E-state index contributed by atoms with van der Waals surface area (Å²) in [4.78, 5) is 7.09. The van der Waals surface area contributed by atoms with E-state index in [2.05, 4.69) is 24.1 Å². The van der Waals surface area contributed by atoms with Crippen molar-refractivity contribution in [3.8, 4) is 0 Å². The first-order valence-corrected chi connectivity index (χ1v) is 11.6. The number of aliphatic imine (C=N–C) groups is 1. The number of guanidine groups is 1. The number of halogens is 1. The molecule has 3 saturated heterocycles. The van der Waals surface area contributed by atoms with E-state index in [0.717, 1.165) is 38.3 Å². The Morgan fingerprint density at radius 3 is 2.59 bits per heavy atom. The van der Waals surface area contributed by atoms with Crippen LogP contribution in [-0.2, 0) is 19.3 Å². The summed E-state index contributed by atoms with van der Waals surface area (Å²) in [6.07, 6.45) is 2.88. The number of nitrogens with one attached hydrogen (secondary N) is 1. The predicted octanol–water partition coefficient (Wildman–Crippen LogP) is 1.87. The van der Waals surface area contributed by atoms with Crippen LogP contribution in [0.1, 0.15) is 40.0 Å². The lowest BCUT2D eigenvalue weighted by atomic mass is 9.90. The van der Waals surface area contributed by atoms with Crippen molar-refractivity contribution in [3.63, 3.8) is 0 Å². The Hall–Kier alpha value is -0.130. The molecule has 0 aromatic heterocycles. The second kappa shape index (κ2) is 9.58. The van der Waals surface area contributed by atoms with Gasteiger partial charge in [0.25, 0.3) is 0 Å². The fourth-order valence-electron chi connectivity index (χ4n) is 4.09. The molecule has 0 aliphatic carbocycles. The molecule has 2 atom stereocenters. The normalized spacial score (nSPS) is 30.4. The number of rotatable bonds is 4. The molecule has 3 aliphatic heterocycles. The van der Waals surface area contributed by atoms with Crippen LogP contribution in [0.25, 0.3) is 0 Å². The van der Waals surface area contributed by atoms with Crippen LogP contribution in [0.2, 0.25) is 0 Å². The van der Waals surface area contributed by atoms with Crippen LogP contribution >= 0.6 is 24.0 Å². The molecular weight excluding hydrogens is 481 g/mol. The average Bonchev–Trinajstić information content (AvgIpc) is 3.17. The Kier molecular flexibility index (Phi) is 8.21. The van der Waals surface area contributed by atoms with E-state index in [4.69, 9.17) is 14.5 Å². The van der Waals surface area contributed by atoms with Crippen LogP contribution in [0.15, 0.2) is 4.99 Å². The van der Waals surface area contributed by atoms with Crippen molar-refractivity contribution in [2.45, 2.75) is 51.9 Å². The van der Waals surface area contributed by atoms with Crippen molar-refractivity contribution >= 4 is 39.8 Å². The largest absolute Gasteiger partial charge is 0.354 e. The van der Waals surface area contributed by atoms with Gasteiger partial charge in [0.2, 0.25) is 0 Å². The third-order valence-corrected chi connectivity index (χ3v) is 7.40. The third-order valence-electron chi connectivity index (χ3n) is 5.57. The molecule has 0 saturated carbocycles. The van der Waals surface area contributed by atoms with Crippen molar-refractivity contribution in [2.75, 3.05) is 44.4 Å². The maximum Gasteiger partial charge on any atom is 0.194 e. The van der Waals surface area contributed by atoms with Crippen molar-refractivity contribution in [1.82, 2.24) is 10.2 Å². The van der Waals surface area contributed by atoms with Crippen LogP contribution in [0, 0.1) is 11.8 Å². The lowest BCUT2D eigenvalue weighted by Crippen LogP contribution is -2.53. The number of piperidine rings is 1. The zero-order valence-electron chi connectivity index (χ0n) is 16.6. The van der Waals surface area contributed by atoms with E-state index in [0.29, 0.717) is 31.4 Å². The predicted molar refractivity (Wildman–Crippen MR) is 117 cm³/mol. The number of sulfone groups is 1. The number of nitrogens with zero attached hydrogens (tertiary/aromatic N) is 2. The van der Waals surface area contributed by atoms with Crippen LogP contribution in [0.3, 0.4) is 0 Å². The van der Waals surface area contributed by atoms with Crippen molar-refractivity contribution in [2.24, 2.45) is 16.8 Å². The first kappa shape index (κ1) is 23.2. The number of likely N-dealkylation sites (tertiary alicyclic amines) is 1. The topological polar surface area (TPSA) is 80.2 Å². The van der Waals surface area contributed by atoms with Crippen LogP contribution < -0.4 is 5.32 Å². The summed E-state index contributed by atoms with van der Waals surface area (Å²) in [5.41, 5.74) is 0. The molecule has 27 heavy (non-hydrogen) atoms. The highest BCUT2D eigenvalue weighted by molar-refractivity contribution is 14.0.